The van der Waals surface area contributed by atoms with Crippen molar-refractivity contribution in [1.29, 1.82) is 0 Å². The van der Waals surface area contributed by atoms with E-state index in [4.69, 9.17) is 4.74 Å². The van der Waals surface area contributed by atoms with Gasteiger partial charge in [-0.3, -0.25) is 9.79 Å². The van der Waals surface area contributed by atoms with Crippen LogP contribution >= 0.6 is 0 Å². The molecular weight excluding hydrogens is 284 g/mol. The molecule has 1 aromatic carbocycles. The molecule has 1 amide bonds. The highest BCUT2D eigenvalue weighted by Crippen LogP contribution is 2.25. The van der Waals surface area contributed by atoms with Crippen LogP contribution in [0.25, 0.3) is 0 Å². The van der Waals surface area contributed by atoms with E-state index in [-0.39, 0.29) is 17.9 Å². The standard InChI is InChI=1S/C16H22N2O4/c1-16(2,3)10-17-9-14(19)18-12-7-6-11(15(20)22-5)8-13(12)21-4/h6-8,10H,9H2,1-5H3,(H,18,19). The molecule has 0 saturated carbocycles. The summed E-state index contributed by atoms with van der Waals surface area (Å²) in [7, 11) is 2.77. The van der Waals surface area contributed by atoms with E-state index in [1.165, 1.54) is 20.3 Å². The smallest absolute Gasteiger partial charge is 0.337 e. The summed E-state index contributed by atoms with van der Waals surface area (Å²) in [6.45, 7) is 6.04. The second-order valence-corrected chi connectivity index (χ2v) is 5.79. The van der Waals surface area contributed by atoms with Crippen LogP contribution in [-0.4, -0.2) is 38.9 Å². The number of carbonyl (C=O) groups excluding carboxylic acids is 2. The molecule has 1 aromatic rings. The van der Waals surface area contributed by atoms with Crippen molar-refractivity contribution in [2.45, 2.75) is 20.8 Å². The maximum absolute atomic E-state index is 11.9. The van der Waals surface area contributed by atoms with Crippen molar-refractivity contribution in [3.05, 3.63) is 23.8 Å². The molecule has 0 radical (unpaired) electrons. The van der Waals surface area contributed by atoms with Crippen LogP contribution < -0.4 is 10.1 Å². The highest BCUT2D eigenvalue weighted by Gasteiger charge is 2.12. The normalized spacial score (nSPS) is 11.3. The maximum Gasteiger partial charge on any atom is 0.337 e. The molecule has 0 aliphatic carbocycles. The molecule has 0 heterocycles. The number of hydrogen-bond acceptors (Lipinski definition) is 5. The lowest BCUT2D eigenvalue weighted by atomic mass is 9.99. The summed E-state index contributed by atoms with van der Waals surface area (Å²) in [5, 5.41) is 2.70. The van der Waals surface area contributed by atoms with Gasteiger partial charge in [-0.15, -0.1) is 0 Å². The summed E-state index contributed by atoms with van der Waals surface area (Å²) in [6, 6.07) is 4.67. The Morgan fingerprint density at radius 3 is 2.50 bits per heavy atom. The van der Waals surface area contributed by atoms with E-state index >= 15 is 0 Å². The number of rotatable bonds is 5. The molecule has 0 aromatic heterocycles. The van der Waals surface area contributed by atoms with Gasteiger partial charge in [0.1, 0.15) is 12.3 Å². The largest absolute Gasteiger partial charge is 0.495 e. The first-order chi connectivity index (χ1) is 10.3. The fourth-order valence-corrected chi connectivity index (χ4v) is 1.63. The van der Waals surface area contributed by atoms with Crippen molar-refractivity contribution in [3.63, 3.8) is 0 Å². The number of nitrogens with one attached hydrogen (secondary N) is 1. The summed E-state index contributed by atoms with van der Waals surface area (Å²) < 4.78 is 9.82. The van der Waals surface area contributed by atoms with Gasteiger partial charge in [0.05, 0.1) is 25.5 Å². The van der Waals surface area contributed by atoms with Gasteiger partial charge in [0.2, 0.25) is 5.91 Å². The Bertz CT molecular complexity index is 574. The number of esters is 1. The van der Waals surface area contributed by atoms with Crippen molar-refractivity contribution in [3.8, 4) is 5.75 Å². The van der Waals surface area contributed by atoms with Gasteiger partial charge in [-0.2, -0.15) is 0 Å². The minimum Gasteiger partial charge on any atom is -0.495 e. The number of aliphatic imine (C=N–C) groups is 1. The summed E-state index contributed by atoms with van der Waals surface area (Å²) in [5.74, 6) is -0.341. The molecule has 22 heavy (non-hydrogen) atoms. The van der Waals surface area contributed by atoms with Gasteiger partial charge in [-0.05, 0) is 23.6 Å². The van der Waals surface area contributed by atoms with Crippen LogP contribution in [0.4, 0.5) is 5.69 Å². The van der Waals surface area contributed by atoms with Crippen LogP contribution in [0.15, 0.2) is 23.2 Å². The minimum absolute atomic E-state index is 0.0270. The van der Waals surface area contributed by atoms with Gasteiger partial charge in [0.25, 0.3) is 0 Å². The molecule has 0 spiro atoms. The number of methoxy groups -OCH3 is 2. The minimum atomic E-state index is -0.467. The lowest BCUT2D eigenvalue weighted by molar-refractivity contribution is -0.114. The zero-order valence-corrected chi connectivity index (χ0v) is 13.6. The van der Waals surface area contributed by atoms with Crippen LogP contribution in [0.3, 0.4) is 0 Å². The SMILES string of the molecule is COC(=O)c1ccc(NC(=O)CN=CC(C)(C)C)c(OC)c1. The zero-order valence-electron chi connectivity index (χ0n) is 13.6. The fourth-order valence-electron chi connectivity index (χ4n) is 1.63. The number of amides is 1. The molecule has 0 bridgehead atoms. The van der Waals surface area contributed by atoms with Crippen molar-refractivity contribution in [2.75, 3.05) is 26.1 Å². The Balaban J connectivity index is 2.79. The molecular formula is C16H22N2O4. The molecule has 120 valence electrons. The Hall–Kier alpha value is -2.37. The van der Waals surface area contributed by atoms with Crippen molar-refractivity contribution < 1.29 is 19.1 Å². The first-order valence-electron chi connectivity index (χ1n) is 6.84. The number of ether oxygens (including phenoxy) is 2. The quantitative estimate of drug-likeness (QED) is 0.670. The maximum atomic E-state index is 11.9. The summed E-state index contributed by atoms with van der Waals surface area (Å²) in [5.41, 5.74) is 0.759. The molecule has 6 heteroatoms. The molecule has 1 N–H and O–H groups in total. The first kappa shape index (κ1) is 17.7. The van der Waals surface area contributed by atoms with Crippen LogP contribution in [0, 0.1) is 5.41 Å². The van der Waals surface area contributed by atoms with E-state index < -0.39 is 5.97 Å². The van der Waals surface area contributed by atoms with Crippen molar-refractivity contribution in [2.24, 2.45) is 10.4 Å². The Morgan fingerprint density at radius 2 is 1.95 bits per heavy atom. The summed E-state index contributed by atoms with van der Waals surface area (Å²) in [4.78, 5) is 27.4. The van der Waals surface area contributed by atoms with Crippen LogP contribution in [0.1, 0.15) is 31.1 Å². The number of carbonyl (C=O) groups is 2. The third-order valence-electron chi connectivity index (χ3n) is 2.61. The molecule has 0 aliphatic rings. The number of anilines is 1. The van der Waals surface area contributed by atoms with Gasteiger partial charge in [0, 0.05) is 6.21 Å². The van der Waals surface area contributed by atoms with Gasteiger partial charge >= 0.3 is 5.97 Å². The Morgan fingerprint density at radius 1 is 1.27 bits per heavy atom. The van der Waals surface area contributed by atoms with E-state index in [1.54, 1.807) is 18.3 Å². The fraction of sp³-hybridized carbons (Fsp3) is 0.438. The lowest BCUT2D eigenvalue weighted by Gasteiger charge is -2.12. The van der Waals surface area contributed by atoms with Gasteiger partial charge in [-0.25, -0.2) is 4.79 Å². The number of benzene rings is 1. The second-order valence-electron chi connectivity index (χ2n) is 5.79. The van der Waals surface area contributed by atoms with Crippen LogP contribution in [0.5, 0.6) is 5.75 Å². The van der Waals surface area contributed by atoms with Crippen molar-refractivity contribution >= 4 is 23.8 Å². The average Bonchev–Trinajstić information content (AvgIpc) is 2.45. The molecule has 0 fully saturated rings. The summed E-state index contributed by atoms with van der Waals surface area (Å²) >= 11 is 0. The number of nitrogens with zero attached hydrogens (tertiary/aromatic N) is 1. The molecule has 6 nitrogen and oxygen atoms in total. The van der Waals surface area contributed by atoms with E-state index in [1.807, 2.05) is 20.8 Å². The van der Waals surface area contributed by atoms with E-state index in [0.717, 1.165) is 0 Å². The predicted molar refractivity (Wildman–Crippen MR) is 85.8 cm³/mol. The van der Waals surface area contributed by atoms with Gasteiger partial charge in [-0.1, -0.05) is 20.8 Å². The first-order valence-corrected chi connectivity index (χ1v) is 6.84. The number of hydrogen-bond donors (Lipinski definition) is 1. The second kappa shape index (κ2) is 7.59. The van der Waals surface area contributed by atoms with E-state index in [2.05, 4.69) is 15.0 Å². The topological polar surface area (TPSA) is 77.0 Å². The predicted octanol–water partition coefficient (Wildman–Crippen LogP) is 2.54. The monoisotopic (exact) mass is 306 g/mol. The van der Waals surface area contributed by atoms with Gasteiger partial charge in [0.15, 0.2) is 0 Å². The lowest BCUT2D eigenvalue weighted by Crippen LogP contribution is -2.17. The van der Waals surface area contributed by atoms with Crippen LogP contribution in [-0.2, 0) is 9.53 Å². The van der Waals surface area contributed by atoms with Gasteiger partial charge < -0.3 is 14.8 Å². The molecule has 1 rings (SSSR count). The Labute approximate surface area is 130 Å². The highest BCUT2D eigenvalue weighted by atomic mass is 16.5. The highest BCUT2D eigenvalue weighted by molar-refractivity contribution is 5.96. The van der Waals surface area contributed by atoms with E-state index in [0.29, 0.717) is 17.0 Å². The van der Waals surface area contributed by atoms with E-state index in [9.17, 15) is 9.59 Å². The zero-order chi connectivity index (χ0) is 16.8. The average molecular weight is 306 g/mol. The molecule has 0 atom stereocenters. The summed E-state index contributed by atoms with van der Waals surface area (Å²) in [6.07, 6.45) is 1.74. The molecule has 0 aliphatic heterocycles. The third kappa shape index (κ3) is 5.55. The third-order valence-corrected chi connectivity index (χ3v) is 2.61. The molecule has 0 unspecified atom stereocenters. The van der Waals surface area contributed by atoms with Crippen molar-refractivity contribution in [1.82, 2.24) is 0 Å². The molecule has 0 saturated heterocycles. The van der Waals surface area contributed by atoms with Crippen LogP contribution in [0.2, 0.25) is 0 Å². The Kier molecular flexibility index (Phi) is 6.10.